The van der Waals surface area contributed by atoms with Gasteiger partial charge in [-0.3, -0.25) is 14.4 Å². The van der Waals surface area contributed by atoms with Crippen LogP contribution in [-0.2, 0) is 4.79 Å². The third-order valence-electron chi connectivity index (χ3n) is 4.25. The highest BCUT2D eigenvalue weighted by atomic mass is 16.5. The molecule has 0 radical (unpaired) electrons. The topological polar surface area (TPSA) is 84.5 Å². The fourth-order valence-corrected chi connectivity index (χ4v) is 2.50. The van der Waals surface area contributed by atoms with Gasteiger partial charge in [0.2, 0.25) is 0 Å². The highest BCUT2D eigenvalue weighted by Gasteiger charge is 2.24. The summed E-state index contributed by atoms with van der Waals surface area (Å²) >= 11 is 0. The number of Topliss-reactive ketones (excluding diaryl/α,β-unsaturated/α-hetero) is 1. The van der Waals surface area contributed by atoms with E-state index in [4.69, 9.17) is 4.74 Å². The van der Waals surface area contributed by atoms with E-state index in [0.717, 1.165) is 12.8 Å². The lowest BCUT2D eigenvalue weighted by Crippen LogP contribution is -2.30. The van der Waals surface area contributed by atoms with Gasteiger partial charge in [-0.2, -0.15) is 0 Å². The summed E-state index contributed by atoms with van der Waals surface area (Å²) < 4.78 is 5.62. The number of ether oxygens (including phenoxy) is 1. The van der Waals surface area contributed by atoms with E-state index in [1.54, 1.807) is 55.5 Å². The summed E-state index contributed by atoms with van der Waals surface area (Å²) in [6.45, 7) is 3.13. The molecular formula is C21H22N2O4. The van der Waals surface area contributed by atoms with Gasteiger partial charge in [0.1, 0.15) is 5.75 Å². The van der Waals surface area contributed by atoms with Crippen molar-refractivity contribution in [2.24, 2.45) is 0 Å². The van der Waals surface area contributed by atoms with Gasteiger partial charge in [-0.15, -0.1) is 0 Å². The Balaban J connectivity index is 1.58. The maximum absolute atomic E-state index is 12.4. The van der Waals surface area contributed by atoms with Crippen molar-refractivity contribution in [3.05, 3.63) is 59.7 Å². The molecule has 0 bridgehead atoms. The third kappa shape index (κ3) is 5.17. The highest BCUT2D eigenvalue weighted by molar-refractivity contribution is 5.98. The minimum Gasteiger partial charge on any atom is -0.481 e. The Kier molecular flexibility index (Phi) is 5.54. The van der Waals surface area contributed by atoms with Crippen molar-refractivity contribution < 1.29 is 19.1 Å². The second kappa shape index (κ2) is 8.03. The highest BCUT2D eigenvalue weighted by Crippen LogP contribution is 2.20. The molecule has 2 N–H and O–H groups in total. The number of carbonyl (C=O) groups excluding carboxylic acids is 3. The molecule has 3 rings (SSSR count). The fourth-order valence-electron chi connectivity index (χ4n) is 2.50. The lowest BCUT2D eigenvalue weighted by atomic mass is 10.1. The molecule has 1 saturated carbocycles. The Labute approximate surface area is 157 Å². The summed E-state index contributed by atoms with van der Waals surface area (Å²) in [7, 11) is 0. The van der Waals surface area contributed by atoms with Crippen molar-refractivity contribution in [2.45, 2.75) is 38.8 Å². The first-order chi connectivity index (χ1) is 12.9. The van der Waals surface area contributed by atoms with Crippen LogP contribution in [0.3, 0.4) is 0 Å². The quantitative estimate of drug-likeness (QED) is 0.737. The monoisotopic (exact) mass is 366 g/mol. The minimum absolute atomic E-state index is 0.0297. The number of hydrogen-bond acceptors (Lipinski definition) is 4. The Morgan fingerprint density at radius 3 is 2.37 bits per heavy atom. The smallest absolute Gasteiger partial charge is 0.265 e. The van der Waals surface area contributed by atoms with Crippen LogP contribution in [0.5, 0.6) is 5.75 Å². The molecule has 6 nitrogen and oxygen atoms in total. The van der Waals surface area contributed by atoms with Crippen molar-refractivity contribution >= 4 is 23.3 Å². The van der Waals surface area contributed by atoms with Gasteiger partial charge in [0.05, 0.1) is 0 Å². The van der Waals surface area contributed by atoms with Crippen molar-refractivity contribution in [1.82, 2.24) is 5.32 Å². The molecule has 0 aliphatic heterocycles. The SMILES string of the molecule is CC(=O)c1ccc(O[C@@H](C)C(=O)Nc2cccc(C(=O)NC3CC3)c2)cc1. The molecule has 2 aromatic rings. The van der Waals surface area contributed by atoms with Gasteiger partial charge < -0.3 is 15.4 Å². The maximum Gasteiger partial charge on any atom is 0.265 e. The van der Waals surface area contributed by atoms with Crippen molar-refractivity contribution in [3.63, 3.8) is 0 Å². The van der Waals surface area contributed by atoms with Gasteiger partial charge >= 0.3 is 0 Å². The summed E-state index contributed by atoms with van der Waals surface area (Å²) in [5, 5.41) is 5.68. The molecule has 0 aromatic heterocycles. The minimum atomic E-state index is -0.739. The predicted molar refractivity (Wildman–Crippen MR) is 102 cm³/mol. The molecule has 0 spiro atoms. The number of ketones is 1. The van der Waals surface area contributed by atoms with Crippen LogP contribution in [0.15, 0.2) is 48.5 Å². The predicted octanol–water partition coefficient (Wildman–Crippen LogP) is 3.19. The van der Waals surface area contributed by atoms with E-state index in [1.807, 2.05) is 0 Å². The number of nitrogens with one attached hydrogen (secondary N) is 2. The lowest BCUT2D eigenvalue weighted by Gasteiger charge is -2.15. The Morgan fingerprint density at radius 2 is 1.74 bits per heavy atom. The van der Waals surface area contributed by atoms with E-state index >= 15 is 0 Å². The zero-order valence-corrected chi connectivity index (χ0v) is 15.3. The summed E-state index contributed by atoms with van der Waals surface area (Å²) in [6, 6.07) is 13.7. The van der Waals surface area contributed by atoms with E-state index < -0.39 is 6.10 Å². The third-order valence-corrected chi connectivity index (χ3v) is 4.25. The van der Waals surface area contributed by atoms with Crippen LogP contribution >= 0.6 is 0 Å². The fraction of sp³-hybridized carbons (Fsp3) is 0.286. The molecule has 6 heteroatoms. The Hall–Kier alpha value is -3.15. The van der Waals surface area contributed by atoms with Gasteiger partial charge in [-0.1, -0.05) is 6.07 Å². The second-order valence-corrected chi connectivity index (χ2v) is 6.66. The van der Waals surface area contributed by atoms with Crippen LogP contribution in [0.25, 0.3) is 0 Å². The molecule has 2 aromatic carbocycles. The van der Waals surface area contributed by atoms with Gasteiger partial charge in [-0.25, -0.2) is 0 Å². The van der Waals surface area contributed by atoms with Crippen LogP contribution in [-0.4, -0.2) is 29.7 Å². The average Bonchev–Trinajstić information content (AvgIpc) is 3.46. The van der Waals surface area contributed by atoms with Crippen LogP contribution in [0, 0.1) is 0 Å². The van der Waals surface area contributed by atoms with Crippen LogP contribution in [0.1, 0.15) is 47.4 Å². The number of benzene rings is 2. The summed E-state index contributed by atoms with van der Waals surface area (Å²) in [5.74, 6) is 0.00649. The maximum atomic E-state index is 12.4. The zero-order valence-electron chi connectivity index (χ0n) is 15.3. The summed E-state index contributed by atoms with van der Waals surface area (Å²) in [4.78, 5) is 35.8. The molecule has 0 heterocycles. The first-order valence-electron chi connectivity index (χ1n) is 8.92. The van der Waals surface area contributed by atoms with Gasteiger partial charge in [0.15, 0.2) is 11.9 Å². The van der Waals surface area contributed by atoms with Gasteiger partial charge in [0.25, 0.3) is 11.8 Å². The largest absolute Gasteiger partial charge is 0.481 e. The molecule has 1 aliphatic rings. The van der Waals surface area contributed by atoms with Crippen LogP contribution < -0.4 is 15.4 Å². The molecular weight excluding hydrogens is 344 g/mol. The number of anilines is 1. The average molecular weight is 366 g/mol. The van der Waals surface area contributed by atoms with E-state index in [2.05, 4.69) is 10.6 Å². The molecule has 140 valence electrons. The van der Waals surface area contributed by atoms with E-state index in [9.17, 15) is 14.4 Å². The molecule has 0 saturated heterocycles. The molecule has 1 fully saturated rings. The van der Waals surface area contributed by atoms with E-state index in [1.165, 1.54) is 6.92 Å². The van der Waals surface area contributed by atoms with E-state index in [0.29, 0.717) is 22.6 Å². The molecule has 27 heavy (non-hydrogen) atoms. The molecule has 2 amide bonds. The van der Waals surface area contributed by atoms with Crippen molar-refractivity contribution in [1.29, 1.82) is 0 Å². The van der Waals surface area contributed by atoms with Crippen molar-refractivity contribution in [2.75, 3.05) is 5.32 Å². The molecule has 1 aliphatic carbocycles. The van der Waals surface area contributed by atoms with Gasteiger partial charge in [-0.05, 0) is 69.2 Å². The lowest BCUT2D eigenvalue weighted by molar-refractivity contribution is -0.122. The number of hydrogen-bond donors (Lipinski definition) is 2. The standard InChI is InChI=1S/C21H22N2O4/c1-13(24)15-6-10-19(11-7-15)27-14(2)20(25)23-18-5-3-4-16(12-18)21(26)22-17-8-9-17/h3-7,10-12,14,17H,8-9H2,1-2H3,(H,22,26)(H,23,25)/t14-/m0/s1. The zero-order chi connectivity index (χ0) is 19.4. The second-order valence-electron chi connectivity index (χ2n) is 6.66. The normalized spacial score (nSPS) is 14.1. The Bertz CT molecular complexity index is 857. The summed E-state index contributed by atoms with van der Waals surface area (Å²) in [5.41, 5.74) is 1.62. The van der Waals surface area contributed by atoms with Crippen LogP contribution in [0.4, 0.5) is 5.69 Å². The number of carbonyl (C=O) groups is 3. The summed E-state index contributed by atoms with van der Waals surface area (Å²) in [6.07, 6.45) is 1.30. The number of rotatable bonds is 7. The number of amides is 2. The molecule has 0 unspecified atom stereocenters. The Morgan fingerprint density at radius 1 is 1.04 bits per heavy atom. The molecule has 1 atom stereocenters. The van der Waals surface area contributed by atoms with Gasteiger partial charge in [0, 0.05) is 22.9 Å². The van der Waals surface area contributed by atoms with Crippen LogP contribution in [0.2, 0.25) is 0 Å². The van der Waals surface area contributed by atoms with E-state index in [-0.39, 0.29) is 23.6 Å². The first kappa shape index (κ1) is 18.6. The van der Waals surface area contributed by atoms with Crippen molar-refractivity contribution in [3.8, 4) is 5.75 Å². The first-order valence-corrected chi connectivity index (χ1v) is 8.92.